The van der Waals surface area contributed by atoms with Gasteiger partial charge in [-0.05, 0) is 23.7 Å². The van der Waals surface area contributed by atoms with Crippen LogP contribution in [0.1, 0.15) is 10.4 Å². The minimum Gasteiger partial charge on any atom is -0.323 e. The minimum atomic E-state index is -0.143. The first-order chi connectivity index (χ1) is 10.2. The van der Waals surface area contributed by atoms with Crippen LogP contribution in [0.15, 0.2) is 34.8 Å². The number of aliphatic imine (C=N–C) groups is 1. The van der Waals surface area contributed by atoms with Gasteiger partial charge in [0.2, 0.25) is 5.96 Å². The van der Waals surface area contributed by atoms with Crippen LogP contribution in [0.3, 0.4) is 0 Å². The van der Waals surface area contributed by atoms with Crippen molar-refractivity contribution in [1.82, 2.24) is 9.27 Å². The molecule has 2 aromatic rings. The molecule has 0 atom stereocenters. The van der Waals surface area contributed by atoms with Crippen LogP contribution < -0.4 is 5.32 Å². The van der Waals surface area contributed by atoms with E-state index in [1.54, 1.807) is 34.7 Å². The Morgan fingerprint density at radius 3 is 2.76 bits per heavy atom. The zero-order valence-corrected chi connectivity index (χ0v) is 13.0. The fraction of sp³-hybridized carbons (Fsp3) is 0.154. The fourth-order valence-corrected chi connectivity index (χ4v) is 2.95. The molecule has 0 unspecified atom stereocenters. The Kier molecular flexibility index (Phi) is 4.10. The highest BCUT2D eigenvalue weighted by Gasteiger charge is 2.26. The molecule has 0 fully saturated rings. The molecule has 0 spiro atoms. The minimum absolute atomic E-state index is 0.143. The molecule has 0 radical (unpaired) electrons. The maximum Gasteiger partial charge on any atom is 0.263 e. The number of benzene rings is 1. The van der Waals surface area contributed by atoms with E-state index in [0.717, 1.165) is 0 Å². The quantitative estimate of drug-likeness (QED) is 0.911. The summed E-state index contributed by atoms with van der Waals surface area (Å²) in [5.74, 6) is 0.303. The molecule has 0 saturated heterocycles. The Morgan fingerprint density at radius 2 is 2.10 bits per heavy atom. The smallest absolute Gasteiger partial charge is 0.263 e. The van der Waals surface area contributed by atoms with E-state index in [0.29, 0.717) is 40.3 Å². The molecule has 1 amide bonds. The van der Waals surface area contributed by atoms with Crippen molar-refractivity contribution in [2.45, 2.75) is 0 Å². The van der Waals surface area contributed by atoms with Crippen molar-refractivity contribution < 1.29 is 4.79 Å². The molecule has 1 aliphatic rings. The van der Waals surface area contributed by atoms with Gasteiger partial charge in [0.05, 0.1) is 34.0 Å². The molecule has 8 heteroatoms. The maximum absolute atomic E-state index is 12.4. The SMILES string of the molecule is O=C(c1cnsc1)N1CCN=C1Nc1c(Cl)cccc1Cl. The Bertz CT molecular complexity index is 682. The van der Waals surface area contributed by atoms with Gasteiger partial charge in [0.1, 0.15) is 0 Å². The first-order valence-electron chi connectivity index (χ1n) is 6.13. The molecular weight excluding hydrogens is 331 g/mol. The highest BCUT2D eigenvalue weighted by Crippen LogP contribution is 2.30. The molecule has 108 valence electrons. The molecule has 0 bridgehead atoms. The number of amides is 1. The summed E-state index contributed by atoms with van der Waals surface area (Å²) in [6.07, 6.45) is 1.55. The van der Waals surface area contributed by atoms with Gasteiger partial charge in [-0.3, -0.25) is 14.7 Å². The number of nitrogens with zero attached hydrogens (tertiary/aromatic N) is 3. The number of carbonyl (C=O) groups excluding carboxylic acids is 1. The van der Waals surface area contributed by atoms with E-state index in [2.05, 4.69) is 14.7 Å². The second kappa shape index (κ2) is 6.01. The van der Waals surface area contributed by atoms with Gasteiger partial charge >= 0.3 is 0 Å². The topological polar surface area (TPSA) is 57.6 Å². The number of anilines is 1. The highest BCUT2D eigenvalue weighted by molar-refractivity contribution is 7.03. The lowest BCUT2D eigenvalue weighted by molar-refractivity contribution is 0.0858. The van der Waals surface area contributed by atoms with Crippen LogP contribution in [-0.2, 0) is 0 Å². The predicted octanol–water partition coefficient (Wildman–Crippen LogP) is 3.37. The number of carbonyl (C=O) groups is 1. The number of hydrogen-bond donors (Lipinski definition) is 1. The number of para-hydroxylation sites is 1. The lowest BCUT2D eigenvalue weighted by atomic mass is 10.3. The van der Waals surface area contributed by atoms with Crippen molar-refractivity contribution in [1.29, 1.82) is 0 Å². The van der Waals surface area contributed by atoms with Crippen LogP contribution in [0.5, 0.6) is 0 Å². The molecule has 3 rings (SSSR count). The van der Waals surface area contributed by atoms with Crippen LogP contribution in [0.2, 0.25) is 10.0 Å². The van der Waals surface area contributed by atoms with E-state index in [-0.39, 0.29) is 5.91 Å². The summed E-state index contributed by atoms with van der Waals surface area (Å²) in [6.45, 7) is 1.05. The predicted molar refractivity (Wildman–Crippen MR) is 85.5 cm³/mol. The Morgan fingerprint density at radius 1 is 1.33 bits per heavy atom. The fourth-order valence-electron chi connectivity index (χ4n) is 1.95. The summed E-state index contributed by atoms with van der Waals surface area (Å²) >= 11 is 13.5. The van der Waals surface area contributed by atoms with Gasteiger partial charge in [-0.1, -0.05) is 29.3 Å². The third-order valence-corrected chi connectivity index (χ3v) is 4.18. The molecule has 21 heavy (non-hydrogen) atoms. The zero-order chi connectivity index (χ0) is 14.8. The molecule has 1 aliphatic heterocycles. The second-order valence-corrected chi connectivity index (χ2v) is 5.77. The first kappa shape index (κ1) is 14.3. The standard InChI is InChI=1S/C13H10Cl2N4OS/c14-9-2-1-3-10(15)11(9)18-13-16-4-5-19(13)12(20)8-6-17-21-7-8/h1-3,6-7H,4-5H2,(H,16,18). The van der Waals surface area contributed by atoms with Gasteiger partial charge in [-0.25, -0.2) is 4.37 Å². The van der Waals surface area contributed by atoms with Crippen LogP contribution >= 0.6 is 34.7 Å². The van der Waals surface area contributed by atoms with E-state index >= 15 is 0 Å². The number of nitrogens with one attached hydrogen (secondary N) is 1. The summed E-state index contributed by atoms with van der Waals surface area (Å²) in [7, 11) is 0. The van der Waals surface area contributed by atoms with Crippen LogP contribution in [0.4, 0.5) is 5.69 Å². The molecule has 1 N–H and O–H groups in total. The Labute approximate surface area is 135 Å². The third-order valence-electron chi connectivity index (χ3n) is 2.96. The summed E-state index contributed by atoms with van der Waals surface area (Å²) in [4.78, 5) is 18.2. The Balaban J connectivity index is 1.84. The van der Waals surface area contributed by atoms with Crippen molar-refractivity contribution in [2.24, 2.45) is 4.99 Å². The van der Waals surface area contributed by atoms with Crippen molar-refractivity contribution in [3.63, 3.8) is 0 Å². The lowest BCUT2D eigenvalue weighted by Crippen LogP contribution is -2.38. The number of aromatic nitrogens is 1. The number of rotatable bonds is 2. The molecule has 2 heterocycles. The van der Waals surface area contributed by atoms with E-state index in [1.165, 1.54) is 11.5 Å². The van der Waals surface area contributed by atoms with Gasteiger partial charge in [-0.15, -0.1) is 0 Å². The zero-order valence-electron chi connectivity index (χ0n) is 10.7. The number of guanidine groups is 1. The molecule has 5 nitrogen and oxygen atoms in total. The van der Waals surface area contributed by atoms with Crippen molar-refractivity contribution in [3.05, 3.63) is 45.4 Å². The molecule has 0 aliphatic carbocycles. The second-order valence-electron chi connectivity index (χ2n) is 4.30. The van der Waals surface area contributed by atoms with Gasteiger partial charge in [0, 0.05) is 11.9 Å². The van der Waals surface area contributed by atoms with Crippen LogP contribution in [-0.4, -0.2) is 34.2 Å². The monoisotopic (exact) mass is 340 g/mol. The van der Waals surface area contributed by atoms with Crippen LogP contribution in [0.25, 0.3) is 0 Å². The summed E-state index contributed by atoms with van der Waals surface area (Å²) < 4.78 is 3.94. The van der Waals surface area contributed by atoms with Crippen molar-refractivity contribution in [3.8, 4) is 0 Å². The van der Waals surface area contributed by atoms with E-state index in [4.69, 9.17) is 23.2 Å². The normalized spacial score (nSPS) is 14.2. The Hall–Kier alpha value is -1.63. The van der Waals surface area contributed by atoms with Crippen molar-refractivity contribution in [2.75, 3.05) is 18.4 Å². The van der Waals surface area contributed by atoms with Gasteiger partial charge in [0.15, 0.2) is 0 Å². The maximum atomic E-state index is 12.4. The number of halogens is 2. The van der Waals surface area contributed by atoms with Crippen molar-refractivity contribution >= 4 is 52.3 Å². The van der Waals surface area contributed by atoms with E-state index in [1.807, 2.05) is 0 Å². The molecule has 1 aromatic carbocycles. The highest BCUT2D eigenvalue weighted by atomic mass is 35.5. The first-order valence-corrected chi connectivity index (χ1v) is 7.73. The summed E-state index contributed by atoms with van der Waals surface area (Å²) in [5, 5.41) is 5.70. The lowest BCUT2D eigenvalue weighted by Gasteiger charge is -2.19. The third kappa shape index (κ3) is 2.88. The number of hydrogen-bond acceptors (Lipinski definition) is 5. The van der Waals surface area contributed by atoms with E-state index < -0.39 is 0 Å². The molecule has 1 aromatic heterocycles. The average Bonchev–Trinajstić information content (AvgIpc) is 3.13. The summed E-state index contributed by atoms with van der Waals surface area (Å²) in [6, 6.07) is 5.20. The van der Waals surface area contributed by atoms with Gasteiger partial charge < -0.3 is 5.32 Å². The average molecular weight is 341 g/mol. The van der Waals surface area contributed by atoms with Gasteiger partial charge in [0.25, 0.3) is 5.91 Å². The molecule has 0 saturated carbocycles. The van der Waals surface area contributed by atoms with Crippen LogP contribution in [0, 0.1) is 0 Å². The van der Waals surface area contributed by atoms with Gasteiger partial charge in [-0.2, -0.15) is 0 Å². The largest absolute Gasteiger partial charge is 0.323 e. The summed E-state index contributed by atoms with van der Waals surface area (Å²) in [5.41, 5.74) is 1.09. The van der Waals surface area contributed by atoms with E-state index in [9.17, 15) is 4.79 Å². The molecular formula is C13H10Cl2N4OS.